The van der Waals surface area contributed by atoms with E-state index in [4.69, 9.17) is 14.6 Å². The number of carbonyl (C=O) groups is 1. The molecule has 1 fully saturated rings. The minimum Gasteiger partial charge on any atom is -0.490 e. The molecule has 142 valence electrons. The average Bonchev–Trinajstić information content (AvgIpc) is 2.86. The number of allylic oxidation sites excluding steroid dienone is 4. The first-order chi connectivity index (χ1) is 12.3. The van der Waals surface area contributed by atoms with E-state index in [0.29, 0.717) is 12.8 Å². The van der Waals surface area contributed by atoms with Crippen LogP contribution in [0.5, 0.6) is 0 Å². The van der Waals surface area contributed by atoms with E-state index >= 15 is 0 Å². The fourth-order valence-electron chi connectivity index (χ4n) is 3.66. The van der Waals surface area contributed by atoms with Gasteiger partial charge in [-0.1, -0.05) is 36.5 Å². The van der Waals surface area contributed by atoms with Crippen LogP contribution in [0.15, 0.2) is 59.9 Å². The van der Waals surface area contributed by atoms with E-state index in [0.717, 1.165) is 29.7 Å². The van der Waals surface area contributed by atoms with Crippen molar-refractivity contribution in [2.45, 2.75) is 58.7 Å². The maximum atomic E-state index is 11.4. The lowest BCUT2D eigenvalue weighted by atomic mass is 9.67. The monoisotopic (exact) mass is 358 g/mol. The van der Waals surface area contributed by atoms with E-state index < -0.39 is 0 Å². The fraction of sp³-hybridized carbons (Fsp3) is 0.500. The van der Waals surface area contributed by atoms with E-state index in [9.17, 15) is 4.79 Å². The van der Waals surface area contributed by atoms with Crippen molar-refractivity contribution in [2.75, 3.05) is 6.61 Å². The first-order valence-electron chi connectivity index (χ1n) is 9.10. The summed E-state index contributed by atoms with van der Waals surface area (Å²) in [6.45, 7) is 13.8. The Hall–Kier alpha value is -2.07. The van der Waals surface area contributed by atoms with Gasteiger partial charge >= 0.3 is 5.97 Å². The van der Waals surface area contributed by atoms with Crippen molar-refractivity contribution in [3.63, 3.8) is 0 Å². The Bertz CT molecular complexity index is 668. The number of ether oxygens (including phenoxy) is 2. The Kier molecular flexibility index (Phi) is 6.65. The smallest absolute Gasteiger partial charge is 0.303 e. The van der Waals surface area contributed by atoms with Crippen LogP contribution in [0.25, 0.3) is 0 Å². The number of aliphatic hydroxyl groups excluding tert-OH is 1. The number of hydrogen-bond acceptors (Lipinski definition) is 4. The maximum absolute atomic E-state index is 11.4. The Morgan fingerprint density at radius 2 is 2.12 bits per heavy atom. The molecule has 2 aliphatic rings. The van der Waals surface area contributed by atoms with Gasteiger partial charge in [-0.3, -0.25) is 4.79 Å². The SMILES string of the molecule is C=C1CC2(C[C@H](OC(C)=O)C=CC2=C)[C@@H](/C=C(\C)CC/C=C(\C)CO)O1. The number of esters is 1. The zero-order valence-corrected chi connectivity index (χ0v) is 16.1. The molecule has 1 aliphatic carbocycles. The summed E-state index contributed by atoms with van der Waals surface area (Å²) in [5.74, 6) is 0.461. The molecule has 26 heavy (non-hydrogen) atoms. The molecule has 1 unspecified atom stereocenters. The van der Waals surface area contributed by atoms with Crippen molar-refractivity contribution in [2.24, 2.45) is 5.41 Å². The predicted octanol–water partition coefficient (Wildman–Crippen LogP) is 4.39. The van der Waals surface area contributed by atoms with Gasteiger partial charge in [0, 0.05) is 25.2 Å². The highest BCUT2D eigenvalue weighted by molar-refractivity contribution is 5.66. The summed E-state index contributed by atoms with van der Waals surface area (Å²) >= 11 is 0. The first kappa shape index (κ1) is 20.2. The molecule has 0 radical (unpaired) electrons. The van der Waals surface area contributed by atoms with Gasteiger partial charge in [-0.2, -0.15) is 0 Å². The summed E-state index contributed by atoms with van der Waals surface area (Å²) in [5.41, 5.74) is 2.88. The molecule has 1 aliphatic heterocycles. The molecule has 1 N–H and O–H groups in total. The van der Waals surface area contributed by atoms with E-state index in [-0.39, 0.29) is 30.2 Å². The molecule has 4 heteroatoms. The van der Waals surface area contributed by atoms with Crippen LogP contribution in [0.3, 0.4) is 0 Å². The standard InChI is InChI=1S/C22H30O4/c1-15(7-6-8-16(2)14-23)11-21-22(12-18(4)25-21)13-20(26-19(5)24)10-9-17(22)3/h8-11,20-21,23H,3-4,6-7,12-14H2,1-2,5H3/b15-11+,16-8+/t20-,21-,22?/m1/s1. The van der Waals surface area contributed by atoms with Crippen molar-refractivity contribution >= 4 is 5.97 Å². The zero-order chi connectivity index (χ0) is 19.3. The highest BCUT2D eigenvalue weighted by atomic mass is 16.5. The lowest BCUT2D eigenvalue weighted by Gasteiger charge is -2.38. The van der Waals surface area contributed by atoms with Gasteiger partial charge in [0.05, 0.1) is 12.4 Å². The Morgan fingerprint density at radius 1 is 1.38 bits per heavy atom. The third-order valence-electron chi connectivity index (χ3n) is 5.10. The number of rotatable bonds is 6. The minimum atomic E-state index is -0.315. The fourth-order valence-corrected chi connectivity index (χ4v) is 3.66. The number of aliphatic hydroxyl groups is 1. The molecule has 0 aromatic carbocycles. The predicted molar refractivity (Wildman–Crippen MR) is 103 cm³/mol. The Balaban J connectivity index is 2.17. The van der Waals surface area contributed by atoms with Crippen molar-refractivity contribution in [1.82, 2.24) is 0 Å². The second-order valence-electron chi connectivity index (χ2n) is 7.41. The third-order valence-corrected chi connectivity index (χ3v) is 5.10. The third kappa shape index (κ3) is 4.76. The van der Waals surface area contributed by atoms with Gasteiger partial charge in [0.25, 0.3) is 0 Å². The summed E-state index contributed by atoms with van der Waals surface area (Å²) in [6.07, 6.45) is 10.7. The summed E-state index contributed by atoms with van der Waals surface area (Å²) in [5, 5.41) is 9.08. The van der Waals surface area contributed by atoms with E-state index in [1.165, 1.54) is 12.5 Å². The molecule has 1 saturated heterocycles. The Labute approximate surface area is 156 Å². The molecule has 3 atom stereocenters. The van der Waals surface area contributed by atoms with Crippen LogP contribution in [-0.2, 0) is 14.3 Å². The highest BCUT2D eigenvalue weighted by Crippen LogP contribution is 2.52. The normalized spacial score (nSPS) is 29.2. The highest BCUT2D eigenvalue weighted by Gasteiger charge is 2.50. The van der Waals surface area contributed by atoms with E-state index in [2.05, 4.69) is 32.2 Å². The second kappa shape index (κ2) is 8.54. The van der Waals surface area contributed by atoms with Gasteiger partial charge < -0.3 is 14.6 Å². The second-order valence-corrected chi connectivity index (χ2v) is 7.41. The average molecular weight is 358 g/mol. The van der Waals surface area contributed by atoms with Crippen molar-refractivity contribution in [1.29, 1.82) is 0 Å². The van der Waals surface area contributed by atoms with Crippen LogP contribution in [0.4, 0.5) is 0 Å². The molecule has 0 bridgehead atoms. The summed E-state index contributed by atoms with van der Waals surface area (Å²) in [4.78, 5) is 11.4. The van der Waals surface area contributed by atoms with E-state index in [1.807, 2.05) is 19.1 Å². The number of hydrogen-bond donors (Lipinski definition) is 1. The van der Waals surface area contributed by atoms with Gasteiger partial charge in [-0.15, -0.1) is 0 Å². The van der Waals surface area contributed by atoms with Gasteiger partial charge in [0.2, 0.25) is 0 Å². The summed E-state index contributed by atoms with van der Waals surface area (Å²) in [7, 11) is 0. The van der Waals surface area contributed by atoms with Gasteiger partial charge in [0.15, 0.2) is 0 Å². The van der Waals surface area contributed by atoms with Gasteiger partial charge in [-0.25, -0.2) is 0 Å². The summed E-state index contributed by atoms with van der Waals surface area (Å²) in [6, 6.07) is 0. The zero-order valence-electron chi connectivity index (χ0n) is 16.1. The summed E-state index contributed by atoms with van der Waals surface area (Å²) < 4.78 is 11.5. The number of carbonyl (C=O) groups excluding carboxylic acids is 1. The Morgan fingerprint density at radius 3 is 2.77 bits per heavy atom. The van der Waals surface area contributed by atoms with Crippen molar-refractivity contribution < 1.29 is 19.4 Å². The van der Waals surface area contributed by atoms with Crippen LogP contribution in [-0.4, -0.2) is 29.9 Å². The molecule has 0 aromatic heterocycles. The minimum absolute atomic E-state index is 0.0983. The molecule has 0 saturated carbocycles. The van der Waals surface area contributed by atoms with Crippen LogP contribution < -0.4 is 0 Å². The molecule has 4 nitrogen and oxygen atoms in total. The van der Waals surface area contributed by atoms with Crippen LogP contribution in [0, 0.1) is 5.41 Å². The molecule has 0 aromatic rings. The molecule has 0 amide bonds. The van der Waals surface area contributed by atoms with Crippen molar-refractivity contribution in [3.8, 4) is 0 Å². The van der Waals surface area contributed by atoms with Crippen molar-refractivity contribution in [3.05, 3.63) is 59.9 Å². The molecule has 1 spiro atoms. The van der Waals surface area contributed by atoms with E-state index in [1.54, 1.807) is 0 Å². The first-order valence-corrected chi connectivity index (χ1v) is 9.10. The maximum Gasteiger partial charge on any atom is 0.303 e. The van der Waals surface area contributed by atoms with Crippen LogP contribution in [0.2, 0.25) is 0 Å². The lowest BCUT2D eigenvalue weighted by molar-refractivity contribution is -0.145. The van der Waals surface area contributed by atoms with Crippen LogP contribution in [0.1, 0.15) is 46.5 Å². The molecular weight excluding hydrogens is 328 g/mol. The van der Waals surface area contributed by atoms with Crippen LogP contribution >= 0.6 is 0 Å². The van der Waals surface area contributed by atoms with Gasteiger partial charge in [-0.05, 0) is 44.4 Å². The van der Waals surface area contributed by atoms with Gasteiger partial charge in [0.1, 0.15) is 12.2 Å². The topological polar surface area (TPSA) is 55.8 Å². The molecule has 1 heterocycles. The quantitative estimate of drug-likeness (QED) is 0.565. The molecule has 2 rings (SSSR count). The molecular formula is C22H30O4. The lowest BCUT2D eigenvalue weighted by Crippen LogP contribution is -2.38. The largest absolute Gasteiger partial charge is 0.490 e.